The molecule has 0 aliphatic carbocycles. The van der Waals surface area contributed by atoms with Crippen LogP contribution in [0.2, 0.25) is 0 Å². The van der Waals surface area contributed by atoms with Crippen molar-refractivity contribution >= 4 is 5.97 Å². The monoisotopic (exact) mass is 598 g/mol. The van der Waals surface area contributed by atoms with Gasteiger partial charge >= 0.3 is 5.97 Å². The van der Waals surface area contributed by atoms with Gasteiger partial charge in [0.05, 0.1) is 12.2 Å². The van der Waals surface area contributed by atoms with E-state index in [-0.39, 0.29) is 11.3 Å². The molecular weight excluding hydrogens is 556 g/mol. The second kappa shape index (κ2) is 14.4. The van der Waals surface area contributed by atoms with Crippen LogP contribution in [0.25, 0.3) is 0 Å². The van der Waals surface area contributed by atoms with Gasteiger partial charge in [-0.3, -0.25) is 0 Å². The highest BCUT2D eigenvalue weighted by Crippen LogP contribution is 2.36. The van der Waals surface area contributed by atoms with Crippen molar-refractivity contribution in [2.24, 2.45) is 0 Å². The van der Waals surface area contributed by atoms with Crippen LogP contribution in [0.3, 0.4) is 0 Å². The van der Waals surface area contributed by atoms with Crippen LogP contribution in [0.4, 0.5) is 0 Å². The molecule has 1 aromatic rings. The van der Waals surface area contributed by atoms with Gasteiger partial charge in [-0.25, -0.2) is 4.79 Å². The SMILES string of the molecule is CC(C)=CCc1cc(C(=O)OC[C@H]2O[C@H](O[C@]3(CO)O[C@H](CO)[C@@H](O)[C@@H]3O)[C@H](O)[C@@H](O)[C@@H]2O)cc(CC=C(C)C)c1O. The summed E-state index contributed by atoms with van der Waals surface area (Å²) < 4.78 is 21.7. The Bertz CT molecular complexity index is 1100. The molecule has 0 radical (unpaired) electrons. The third-order valence-corrected chi connectivity index (χ3v) is 7.23. The molecule has 13 heteroatoms. The van der Waals surface area contributed by atoms with Gasteiger partial charge in [0.2, 0.25) is 5.79 Å². The largest absolute Gasteiger partial charge is 0.507 e. The van der Waals surface area contributed by atoms with Gasteiger partial charge in [-0.05, 0) is 63.8 Å². The molecule has 2 heterocycles. The molecular formula is C29H42O13. The molecule has 0 unspecified atom stereocenters. The average Bonchev–Trinajstić information content (AvgIpc) is 3.20. The predicted octanol–water partition coefficient (Wildman–Crippen LogP) is -0.808. The van der Waals surface area contributed by atoms with Crippen LogP contribution < -0.4 is 0 Å². The number of aliphatic hydroxyl groups is 7. The van der Waals surface area contributed by atoms with Crippen molar-refractivity contribution in [1.82, 2.24) is 0 Å². The van der Waals surface area contributed by atoms with Crippen molar-refractivity contribution in [3.05, 3.63) is 52.1 Å². The maximum Gasteiger partial charge on any atom is 0.338 e. The molecule has 2 aliphatic rings. The Morgan fingerprint density at radius 1 is 0.881 bits per heavy atom. The second-order valence-electron chi connectivity index (χ2n) is 11.1. The summed E-state index contributed by atoms with van der Waals surface area (Å²) in [5.41, 5.74) is 3.20. The normalized spacial score (nSPS) is 32.8. The number of aliphatic hydroxyl groups excluding tert-OH is 7. The Morgan fingerprint density at radius 3 is 1.93 bits per heavy atom. The van der Waals surface area contributed by atoms with Crippen LogP contribution in [0.5, 0.6) is 5.75 Å². The molecule has 1 aromatic carbocycles. The van der Waals surface area contributed by atoms with Crippen LogP contribution in [-0.2, 0) is 31.8 Å². The van der Waals surface area contributed by atoms with E-state index in [1.165, 1.54) is 12.1 Å². The summed E-state index contributed by atoms with van der Waals surface area (Å²) in [5, 5.41) is 81.9. The zero-order valence-electron chi connectivity index (χ0n) is 24.1. The minimum atomic E-state index is -2.34. The lowest BCUT2D eigenvalue weighted by atomic mass is 9.98. The maximum atomic E-state index is 13.1. The molecule has 0 saturated carbocycles. The first-order valence-electron chi connectivity index (χ1n) is 13.7. The number of hydrogen-bond donors (Lipinski definition) is 8. The van der Waals surface area contributed by atoms with Crippen LogP contribution >= 0.6 is 0 Å². The topological polar surface area (TPSA) is 216 Å². The molecule has 2 aliphatic heterocycles. The standard InChI is InChI=1S/C29H42O13/c1-14(2)5-7-16-9-18(10-17(21(16)32)8-6-15(3)4)27(38)39-12-20-22(33)24(35)25(36)28(40-20)42-29(13-31)26(37)23(34)19(11-30)41-29/h5-6,9-10,19-20,22-26,28,30-37H,7-8,11-13H2,1-4H3/t19-,20-,22-,23-,24+,25-,26+,28-,29+/m1/s1. The van der Waals surface area contributed by atoms with Crippen molar-refractivity contribution in [2.75, 3.05) is 19.8 Å². The summed E-state index contributed by atoms with van der Waals surface area (Å²) >= 11 is 0. The van der Waals surface area contributed by atoms with Crippen molar-refractivity contribution in [3.8, 4) is 5.75 Å². The van der Waals surface area contributed by atoms with Gasteiger partial charge in [0.25, 0.3) is 0 Å². The Balaban J connectivity index is 1.79. The van der Waals surface area contributed by atoms with E-state index in [1.807, 2.05) is 39.8 Å². The summed E-state index contributed by atoms with van der Waals surface area (Å²) in [7, 11) is 0. The highest BCUT2D eigenvalue weighted by molar-refractivity contribution is 5.90. The summed E-state index contributed by atoms with van der Waals surface area (Å²) in [6.45, 7) is 5.28. The quantitative estimate of drug-likeness (QED) is 0.116. The highest BCUT2D eigenvalue weighted by atomic mass is 16.8. The Morgan fingerprint density at radius 2 is 1.45 bits per heavy atom. The fraction of sp³-hybridized carbons (Fsp3) is 0.621. The lowest BCUT2D eigenvalue weighted by molar-refractivity contribution is -0.383. The molecule has 0 bridgehead atoms. The summed E-state index contributed by atoms with van der Waals surface area (Å²) in [6, 6.07) is 3.00. The highest BCUT2D eigenvalue weighted by Gasteiger charge is 2.58. The van der Waals surface area contributed by atoms with E-state index < -0.39 is 80.6 Å². The van der Waals surface area contributed by atoms with Gasteiger partial charge in [0.15, 0.2) is 6.29 Å². The van der Waals surface area contributed by atoms with Gasteiger partial charge in [-0.1, -0.05) is 23.3 Å². The number of aromatic hydroxyl groups is 1. The molecule has 0 spiro atoms. The number of allylic oxidation sites excluding steroid dienone is 4. The first-order valence-corrected chi connectivity index (χ1v) is 13.7. The fourth-order valence-corrected chi connectivity index (χ4v) is 4.68. The van der Waals surface area contributed by atoms with E-state index in [4.69, 9.17) is 18.9 Å². The Hall–Kier alpha value is -2.43. The smallest absolute Gasteiger partial charge is 0.338 e. The van der Waals surface area contributed by atoms with Gasteiger partial charge in [0, 0.05) is 0 Å². The number of ether oxygens (including phenoxy) is 4. The van der Waals surface area contributed by atoms with Gasteiger partial charge in [-0.2, -0.15) is 0 Å². The van der Waals surface area contributed by atoms with E-state index in [1.54, 1.807) is 0 Å². The van der Waals surface area contributed by atoms with E-state index in [0.717, 1.165) is 11.1 Å². The van der Waals surface area contributed by atoms with Crippen molar-refractivity contribution in [3.63, 3.8) is 0 Å². The summed E-state index contributed by atoms with van der Waals surface area (Å²) in [5.74, 6) is -3.08. The molecule has 8 N–H and O–H groups in total. The summed E-state index contributed by atoms with van der Waals surface area (Å²) in [6.07, 6.45) is -9.04. The van der Waals surface area contributed by atoms with Crippen LogP contribution in [0, 0.1) is 0 Å². The molecule has 0 aromatic heterocycles. The fourth-order valence-electron chi connectivity index (χ4n) is 4.68. The van der Waals surface area contributed by atoms with E-state index in [9.17, 15) is 45.6 Å². The zero-order chi connectivity index (χ0) is 31.4. The minimum Gasteiger partial charge on any atom is -0.507 e. The maximum absolute atomic E-state index is 13.1. The third-order valence-electron chi connectivity index (χ3n) is 7.23. The number of phenolic OH excluding ortho intramolecular Hbond substituents is 1. The van der Waals surface area contributed by atoms with Gasteiger partial charge in [-0.15, -0.1) is 0 Å². The lowest BCUT2D eigenvalue weighted by Gasteiger charge is -2.43. The number of hydrogen-bond acceptors (Lipinski definition) is 13. The third kappa shape index (κ3) is 7.55. The van der Waals surface area contributed by atoms with Crippen LogP contribution in [0.1, 0.15) is 49.2 Å². The van der Waals surface area contributed by atoms with E-state index in [2.05, 4.69) is 0 Å². The first kappa shape index (κ1) is 34.1. The number of rotatable bonds is 11. The number of carbonyl (C=O) groups is 1. The van der Waals surface area contributed by atoms with Crippen LogP contribution in [0.15, 0.2) is 35.4 Å². The number of phenols is 1. The van der Waals surface area contributed by atoms with Crippen molar-refractivity contribution in [1.29, 1.82) is 0 Å². The predicted molar refractivity (Wildman–Crippen MR) is 146 cm³/mol. The molecule has 13 nitrogen and oxygen atoms in total. The number of esters is 1. The van der Waals surface area contributed by atoms with E-state index in [0.29, 0.717) is 24.0 Å². The van der Waals surface area contributed by atoms with E-state index >= 15 is 0 Å². The number of carbonyl (C=O) groups excluding carboxylic acids is 1. The molecule has 236 valence electrons. The van der Waals surface area contributed by atoms with Crippen molar-refractivity contribution in [2.45, 2.75) is 95.3 Å². The Labute approximate surface area is 243 Å². The zero-order valence-corrected chi connectivity index (χ0v) is 24.1. The molecule has 0 amide bonds. The van der Waals surface area contributed by atoms with Gasteiger partial charge < -0.3 is 59.8 Å². The molecule has 2 fully saturated rings. The second-order valence-corrected chi connectivity index (χ2v) is 11.1. The molecule has 42 heavy (non-hydrogen) atoms. The lowest BCUT2D eigenvalue weighted by Crippen LogP contribution is -2.62. The summed E-state index contributed by atoms with van der Waals surface area (Å²) in [4.78, 5) is 13.1. The van der Waals surface area contributed by atoms with Crippen molar-refractivity contribution < 1.29 is 64.6 Å². The van der Waals surface area contributed by atoms with Gasteiger partial charge in [0.1, 0.15) is 61.7 Å². The minimum absolute atomic E-state index is 0.0624. The molecule has 3 rings (SSSR count). The molecule has 2 saturated heterocycles. The van der Waals surface area contributed by atoms with Crippen LogP contribution in [-0.4, -0.2) is 121 Å². The Kier molecular flexibility index (Phi) is 11.6. The average molecular weight is 599 g/mol. The first-order chi connectivity index (χ1) is 19.7. The molecule has 9 atom stereocenters. The number of benzene rings is 1.